The normalized spacial score (nSPS) is 13.6. The van der Waals surface area contributed by atoms with E-state index in [4.69, 9.17) is 9.47 Å². The number of amides is 2. The highest BCUT2D eigenvalue weighted by Gasteiger charge is 2.21. The quantitative estimate of drug-likeness (QED) is 0.829. The highest BCUT2D eigenvalue weighted by molar-refractivity contribution is 5.96. The van der Waals surface area contributed by atoms with Crippen LogP contribution in [0.15, 0.2) is 48.5 Å². The lowest BCUT2D eigenvalue weighted by Gasteiger charge is -2.16. The third-order valence-corrected chi connectivity index (χ3v) is 4.19. The van der Waals surface area contributed by atoms with Crippen molar-refractivity contribution in [1.29, 1.82) is 0 Å². The van der Waals surface area contributed by atoms with E-state index in [2.05, 4.69) is 5.32 Å². The van der Waals surface area contributed by atoms with Crippen LogP contribution in [0.25, 0.3) is 0 Å². The van der Waals surface area contributed by atoms with Gasteiger partial charge in [0.1, 0.15) is 11.5 Å². The molecule has 0 atom stereocenters. The van der Waals surface area contributed by atoms with Crippen LogP contribution in [0.3, 0.4) is 0 Å². The Bertz CT molecular complexity index is 756. The first-order valence-electron chi connectivity index (χ1n) is 8.63. The van der Waals surface area contributed by atoms with Crippen molar-refractivity contribution in [2.24, 2.45) is 0 Å². The number of hydrogen-bond acceptors (Lipinski definition) is 4. The van der Waals surface area contributed by atoms with Crippen molar-refractivity contribution in [2.45, 2.75) is 19.3 Å². The molecule has 0 spiro atoms. The minimum atomic E-state index is -0.122. The van der Waals surface area contributed by atoms with E-state index in [0.29, 0.717) is 24.5 Å². The highest BCUT2D eigenvalue weighted by atomic mass is 16.5. The topological polar surface area (TPSA) is 67.9 Å². The van der Waals surface area contributed by atoms with E-state index in [-0.39, 0.29) is 18.2 Å². The molecular weight excluding hydrogens is 332 g/mol. The SMILES string of the molecule is COc1ccc(OCCC(=O)Nc2ccc(N3CCCC3=O)cc2)cc1. The van der Waals surface area contributed by atoms with E-state index in [9.17, 15) is 9.59 Å². The minimum Gasteiger partial charge on any atom is -0.497 e. The van der Waals surface area contributed by atoms with Crippen LogP contribution in [0.1, 0.15) is 19.3 Å². The van der Waals surface area contributed by atoms with E-state index in [1.807, 2.05) is 36.4 Å². The first kappa shape index (κ1) is 17.8. The standard InChI is InChI=1S/C20H22N2O4/c1-25-17-8-10-18(11-9-17)26-14-12-19(23)21-15-4-6-16(7-5-15)22-13-2-3-20(22)24/h4-11H,2-3,12-14H2,1H3,(H,21,23). The number of rotatable bonds is 7. The summed E-state index contributed by atoms with van der Waals surface area (Å²) >= 11 is 0. The molecule has 6 nitrogen and oxygen atoms in total. The van der Waals surface area contributed by atoms with E-state index in [1.54, 1.807) is 24.1 Å². The smallest absolute Gasteiger partial charge is 0.227 e. The molecule has 1 N–H and O–H groups in total. The predicted molar refractivity (Wildman–Crippen MR) is 99.8 cm³/mol. The molecule has 136 valence electrons. The summed E-state index contributed by atoms with van der Waals surface area (Å²) in [5.74, 6) is 1.48. The molecule has 1 saturated heterocycles. The van der Waals surface area contributed by atoms with Crippen molar-refractivity contribution in [3.63, 3.8) is 0 Å². The van der Waals surface area contributed by atoms with Crippen LogP contribution in [0.4, 0.5) is 11.4 Å². The monoisotopic (exact) mass is 354 g/mol. The summed E-state index contributed by atoms with van der Waals surface area (Å²) < 4.78 is 10.6. The molecule has 0 saturated carbocycles. The Kier molecular flexibility index (Phi) is 5.73. The average Bonchev–Trinajstić information content (AvgIpc) is 3.09. The zero-order valence-corrected chi connectivity index (χ0v) is 14.7. The van der Waals surface area contributed by atoms with Crippen LogP contribution >= 0.6 is 0 Å². The van der Waals surface area contributed by atoms with Gasteiger partial charge >= 0.3 is 0 Å². The molecule has 0 aliphatic carbocycles. The van der Waals surface area contributed by atoms with Crippen LogP contribution in [-0.2, 0) is 9.59 Å². The lowest BCUT2D eigenvalue weighted by Crippen LogP contribution is -2.23. The first-order chi connectivity index (χ1) is 12.7. The summed E-state index contributed by atoms with van der Waals surface area (Å²) in [6.45, 7) is 1.05. The fraction of sp³-hybridized carbons (Fsp3) is 0.300. The van der Waals surface area contributed by atoms with E-state index in [1.165, 1.54) is 0 Å². The molecule has 3 rings (SSSR count). The lowest BCUT2D eigenvalue weighted by molar-refractivity contribution is -0.117. The first-order valence-corrected chi connectivity index (χ1v) is 8.63. The number of nitrogens with one attached hydrogen (secondary N) is 1. The summed E-state index contributed by atoms with van der Waals surface area (Å²) in [4.78, 5) is 25.5. The second-order valence-corrected chi connectivity index (χ2v) is 6.02. The Morgan fingerprint density at radius 3 is 2.38 bits per heavy atom. The largest absolute Gasteiger partial charge is 0.497 e. The summed E-state index contributed by atoms with van der Waals surface area (Å²) in [7, 11) is 1.61. The van der Waals surface area contributed by atoms with Crippen molar-refractivity contribution in [1.82, 2.24) is 0 Å². The third-order valence-electron chi connectivity index (χ3n) is 4.19. The van der Waals surface area contributed by atoms with Gasteiger partial charge in [0.25, 0.3) is 0 Å². The number of anilines is 2. The van der Waals surface area contributed by atoms with Crippen molar-refractivity contribution >= 4 is 23.2 Å². The maximum atomic E-state index is 12.0. The Morgan fingerprint density at radius 2 is 1.77 bits per heavy atom. The molecule has 2 aromatic rings. The molecule has 0 unspecified atom stereocenters. The zero-order chi connectivity index (χ0) is 18.4. The van der Waals surface area contributed by atoms with Gasteiger partial charge in [-0.05, 0) is 55.0 Å². The van der Waals surface area contributed by atoms with Crippen LogP contribution in [0, 0.1) is 0 Å². The highest BCUT2D eigenvalue weighted by Crippen LogP contribution is 2.23. The van der Waals surface area contributed by atoms with Gasteiger partial charge in [-0.3, -0.25) is 9.59 Å². The van der Waals surface area contributed by atoms with Crippen molar-refractivity contribution in [3.8, 4) is 11.5 Å². The number of nitrogens with zero attached hydrogens (tertiary/aromatic N) is 1. The fourth-order valence-corrected chi connectivity index (χ4v) is 2.80. The number of carbonyl (C=O) groups is 2. The van der Waals surface area contributed by atoms with Gasteiger partial charge in [-0.1, -0.05) is 0 Å². The Morgan fingerprint density at radius 1 is 1.08 bits per heavy atom. The van der Waals surface area contributed by atoms with Crippen molar-refractivity contribution in [3.05, 3.63) is 48.5 Å². The van der Waals surface area contributed by atoms with E-state index < -0.39 is 0 Å². The second-order valence-electron chi connectivity index (χ2n) is 6.02. The van der Waals surface area contributed by atoms with Gasteiger partial charge in [0.05, 0.1) is 20.1 Å². The van der Waals surface area contributed by atoms with Gasteiger partial charge in [0, 0.05) is 24.3 Å². The molecule has 1 aliphatic rings. The maximum Gasteiger partial charge on any atom is 0.227 e. The van der Waals surface area contributed by atoms with E-state index >= 15 is 0 Å². The van der Waals surface area contributed by atoms with Gasteiger partial charge in [0.2, 0.25) is 11.8 Å². The van der Waals surface area contributed by atoms with Crippen LogP contribution < -0.4 is 19.7 Å². The Balaban J connectivity index is 1.44. The molecular formula is C20H22N2O4. The summed E-state index contributed by atoms with van der Waals surface area (Å²) in [6, 6.07) is 14.5. The third kappa shape index (κ3) is 4.53. The predicted octanol–water partition coefficient (Wildman–Crippen LogP) is 3.23. The minimum absolute atomic E-state index is 0.122. The van der Waals surface area contributed by atoms with Crippen molar-refractivity contribution in [2.75, 3.05) is 30.5 Å². The summed E-state index contributed by atoms with van der Waals surface area (Å²) in [6.07, 6.45) is 1.75. The number of carbonyl (C=O) groups excluding carboxylic acids is 2. The zero-order valence-electron chi connectivity index (χ0n) is 14.7. The summed E-state index contributed by atoms with van der Waals surface area (Å²) in [5, 5.41) is 2.83. The Hall–Kier alpha value is -3.02. The molecule has 2 aromatic carbocycles. The van der Waals surface area contributed by atoms with Crippen molar-refractivity contribution < 1.29 is 19.1 Å². The van der Waals surface area contributed by atoms with Gasteiger partial charge in [-0.15, -0.1) is 0 Å². The van der Waals surface area contributed by atoms with Gasteiger partial charge in [-0.2, -0.15) is 0 Å². The Labute approximate surface area is 152 Å². The summed E-state index contributed by atoms with van der Waals surface area (Å²) in [5.41, 5.74) is 1.57. The maximum absolute atomic E-state index is 12.0. The molecule has 6 heteroatoms. The number of ether oxygens (including phenoxy) is 2. The van der Waals surface area contributed by atoms with Gasteiger partial charge < -0.3 is 19.7 Å². The molecule has 2 amide bonds. The van der Waals surface area contributed by atoms with E-state index in [0.717, 1.165) is 24.4 Å². The lowest BCUT2D eigenvalue weighted by atomic mass is 10.2. The molecule has 0 aromatic heterocycles. The second kappa shape index (κ2) is 8.38. The number of hydrogen-bond donors (Lipinski definition) is 1. The van der Waals surface area contributed by atoms with Crippen LogP contribution in [-0.4, -0.2) is 32.1 Å². The molecule has 0 radical (unpaired) electrons. The number of methoxy groups -OCH3 is 1. The van der Waals surface area contributed by atoms with Crippen LogP contribution in [0.2, 0.25) is 0 Å². The van der Waals surface area contributed by atoms with Gasteiger partial charge in [0.15, 0.2) is 0 Å². The molecule has 26 heavy (non-hydrogen) atoms. The molecule has 1 aliphatic heterocycles. The molecule has 0 bridgehead atoms. The van der Waals surface area contributed by atoms with Crippen LogP contribution in [0.5, 0.6) is 11.5 Å². The number of benzene rings is 2. The molecule has 1 heterocycles. The average molecular weight is 354 g/mol. The fourth-order valence-electron chi connectivity index (χ4n) is 2.80. The van der Waals surface area contributed by atoms with Gasteiger partial charge in [-0.25, -0.2) is 0 Å². The molecule has 1 fully saturated rings.